The number of ether oxygens (including phenoxy) is 1. The summed E-state index contributed by atoms with van der Waals surface area (Å²) in [7, 11) is 1.63. The maximum atomic E-state index is 9.61. The second-order valence-corrected chi connectivity index (χ2v) is 4.63. The van der Waals surface area contributed by atoms with Crippen molar-refractivity contribution in [3.63, 3.8) is 0 Å². The Kier molecular flexibility index (Phi) is 3.98. The Hall–Kier alpha value is -1.40. The van der Waals surface area contributed by atoms with Crippen molar-refractivity contribution in [2.24, 2.45) is 0 Å². The molecule has 0 bridgehead atoms. The summed E-state index contributed by atoms with van der Waals surface area (Å²) in [6, 6.07) is 7.70. The van der Waals surface area contributed by atoms with Gasteiger partial charge in [0, 0.05) is 0 Å². The first kappa shape index (κ1) is 13.0. The van der Waals surface area contributed by atoms with Crippen LogP contribution in [0, 0.1) is 0 Å². The number of rotatable bonds is 4. The summed E-state index contributed by atoms with van der Waals surface area (Å²) >= 11 is 3.21. The summed E-state index contributed by atoms with van der Waals surface area (Å²) in [6.45, 7) is 2.23. The number of aliphatic hydroxyl groups is 1. The maximum absolute atomic E-state index is 9.61. The van der Waals surface area contributed by atoms with E-state index in [1.165, 1.54) is 0 Å². The molecule has 5 nitrogen and oxygen atoms in total. The Balaban J connectivity index is 2.22. The van der Waals surface area contributed by atoms with Gasteiger partial charge in [0.15, 0.2) is 5.82 Å². The number of aromatic nitrogens is 3. The van der Waals surface area contributed by atoms with Gasteiger partial charge in [0.2, 0.25) is 4.73 Å². The van der Waals surface area contributed by atoms with Crippen LogP contribution in [0.4, 0.5) is 0 Å². The highest BCUT2D eigenvalue weighted by atomic mass is 79.9. The molecule has 1 N–H and O–H groups in total. The zero-order valence-electron chi connectivity index (χ0n) is 10.2. The molecule has 0 aliphatic carbocycles. The molecule has 0 amide bonds. The zero-order valence-corrected chi connectivity index (χ0v) is 11.8. The number of aliphatic hydroxyl groups excluding tert-OH is 1. The molecule has 0 saturated heterocycles. The fourth-order valence-electron chi connectivity index (χ4n) is 1.65. The normalized spacial score (nSPS) is 12.4. The number of hydrogen-bond donors (Lipinski definition) is 1. The zero-order chi connectivity index (χ0) is 13.1. The lowest BCUT2D eigenvalue weighted by Crippen LogP contribution is -2.09. The fraction of sp³-hybridized carbons (Fsp3) is 0.333. The van der Waals surface area contributed by atoms with Crippen LogP contribution in [-0.4, -0.2) is 27.0 Å². The van der Waals surface area contributed by atoms with Crippen LogP contribution in [0.2, 0.25) is 0 Å². The summed E-state index contributed by atoms with van der Waals surface area (Å²) in [5, 5.41) is 13.8. The lowest BCUT2D eigenvalue weighted by atomic mass is 10.2. The lowest BCUT2D eigenvalue weighted by Gasteiger charge is -2.08. The van der Waals surface area contributed by atoms with Gasteiger partial charge in [0.1, 0.15) is 11.9 Å². The minimum absolute atomic E-state index is 0.479. The van der Waals surface area contributed by atoms with Crippen LogP contribution in [-0.2, 0) is 6.54 Å². The lowest BCUT2D eigenvalue weighted by molar-refractivity contribution is 0.182. The Labute approximate surface area is 114 Å². The summed E-state index contributed by atoms with van der Waals surface area (Å²) in [5.74, 6) is 1.35. The van der Waals surface area contributed by atoms with Crippen molar-refractivity contribution in [2.75, 3.05) is 7.11 Å². The number of nitrogens with zero attached hydrogens (tertiary/aromatic N) is 3. The van der Waals surface area contributed by atoms with E-state index in [4.69, 9.17) is 4.74 Å². The van der Waals surface area contributed by atoms with Crippen LogP contribution >= 0.6 is 15.9 Å². The highest BCUT2D eigenvalue weighted by molar-refractivity contribution is 9.10. The van der Waals surface area contributed by atoms with E-state index in [9.17, 15) is 5.11 Å². The monoisotopic (exact) mass is 311 g/mol. The van der Waals surface area contributed by atoms with Gasteiger partial charge in [0.25, 0.3) is 0 Å². The summed E-state index contributed by atoms with van der Waals surface area (Å²) in [4.78, 5) is 4.13. The van der Waals surface area contributed by atoms with Crippen LogP contribution in [0.1, 0.15) is 24.4 Å². The van der Waals surface area contributed by atoms with Crippen LogP contribution in [0.5, 0.6) is 5.75 Å². The standard InChI is InChI=1S/C12H14BrN3O2/c1-8(17)11-14-12(13)15-16(11)7-9-3-5-10(18-2)6-4-9/h3-6,8,17H,7H2,1-2H3. The minimum atomic E-state index is -0.651. The molecule has 2 aromatic rings. The summed E-state index contributed by atoms with van der Waals surface area (Å²) < 4.78 is 7.26. The molecule has 18 heavy (non-hydrogen) atoms. The quantitative estimate of drug-likeness (QED) is 0.940. The molecule has 1 atom stereocenters. The number of methoxy groups -OCH3 is 1. The van der Waals surface area contributed by atoms with Gasteiger partial charge in [-0.05, 0) is 40.5 Å². The molecular formula is C12H14BrN3O2. The Morgan fingerprint density at radius 2 is 2.06 bits per heavy atom. The predicted molar refractivity (Wildman–Crippen MR) is 70.5 cm³/mol. The Bertz CT molecular complexity index is 523. The van der Waals surface area contributed by atoms with E-state index in [0.29, 0.717) is 17.1 Å². The maximum Gasteiger partial charge on any atom is 0.217 e. The van der Waals surface area contributed by atoms with E-state index in [1.54, 1.807) is 18.7 Å². The SMILES string of the molecule is COc1ccc(Cn2nc(Br)nc2C(C)O)cc1. The largest absolute Gasteiger partial charge is 0.497 e. The molecule has 1 unspecified atom stereocenters. The highest BCUT2D eigenvalue weighted by Crippen LogP contribution is 2.16. The van der Waals surface area contributed by atoms with E-state index in [1.807, 2.05) is 24.3 Å². The van der Waals surface area contributed by atoms with Crippen LogP contribution < -0.4 is 4.74 Å². The average molecular weight is 312 g/mol. The summed E-state index contributed by atoms with van der Waals surface area (Å²) in [5.41, 5.74) is 1.06. The molecule has 0 fully saturated rings. The third kappa shape index (κ3) is 2.88. The molecular weight excluding hydrogens is 298 g/mol. The summed E-state index contributed by atoms with van der Waals surface area (Å²) in [6.07, 6.45) is -0.651. The average Bonchev–Trinajstić information content (AvgIpc) is 2.71. The van der Waals surface area contributed by atoms with Crippen molar-refractivity contribution in [3.05, 3.63) is 40.4 Å². The molecule has 0 aliphatic rings. The Morgan fingerprint density at radius 1 is 1.39 bits per heavy atom. The third-order valence-electron chi connectivity index (χ3n) is 2.54. The molecule has 1 heterocycles. The molecule has 1 aromatic heterocycles. The van der Waals surface area contributed by atoms with Gasteiger partial charge in [0.05, 0.1) is 13.7 Å². The van der Waals surface area contributed by atoms with Crippen molar-refractivity contribution in [2.45, 2.75) is 19.6 Å². The van der Waals surface area contributed by atoms with Crippen molar-refractivity contribution >= 4 is 15.9 Å². The van der Waals surface area contributed by atoms with E-state index in [0.717, 1.165) is 11.3 Å². The first-order chi connectivity index (χ1) is 8.60. The van der Waals surface area contributed by atoms with Gasteiger partial charge >= 0.3 is 0 Å². The van der Waals surface area contributed by atoms with Gasteiger partial charge < -0.3 is 9.84 Å². The Morgan fingerprint density at radius 3 is 2.61 bits per heavy atom. The smallest absolute Gasteiger partial charge is 0.217 e. The molecule has 0 saturated carbocycles. The minimum Gasteiger partial charge on any atom is -0.497 e. The van der Waals surface area contributed by atoms with Gasteiger partial charge in [-0.25, -0.2) is 9.67 Å². The first-order valence-electron chi connectivity index (χ1n) is 5.51. The molecule has 0 aliphatic heterocycles. The van der Waals surface area contributed by atoms with Crippen molar-refractivity contribution in [3.8, 4) is 5.75 Å². The number of benzene rings is 1. The van der Waals surface area contributed by atoms with Gasteiger partial charge in [-0.1, -0.05) is 12.1 Å². The van der Waals surface area contributed by atoms with Crippen molar-refractivity contribution in [1.29, 1.82) is 0 Å². The fourth-order valence-corrected chi connectivity index (χ4v) is 2.03. The molecule has 96 valence electrons. The van der Waals surface area contributed by atoms with Gasteiger partial charge in [-0.2, -0.15) is 0 Å². The van der Waals surface area contributed by atoms with E-state index in [-0.39, 0.29) is 0 Å². The van der Waals surface area contributed by atoms with E-state index < -0.39 is 6.10 Å². The second-order valence-electron chi connectivity index (χ2n) is 3.92. The van der Waals surface area contributed by atoms with E-state index >= 15 is 0 Å². The molecule has 2 rings (SSSR count). The van der Waals surface area contributed by atoms with Gasteiger partial charge in [-0.15, -0.1) is 5.10 Å². The number of halogens is 1. The first-order valence-corrected chi connectivity index (χ1v) is 6.30. The van der Waals surface area contributed by atoms with E-state index in [2.05, 4.69) is 26.0 Å². The molecule has 0 spiro atoms. The second kappa shape index (κ2) is 5.49. The highest BCUT2D eigenvalue weighted by Gasteiger charge is 2.13. The molecule has 1 aromatic carbocycles. The van der Waals surface area contributed by atoms with Crippen LogP contribution in [0.25, 0.3) is 0 Å². The predicted octanol–water partition coefficient (Wildman–Crippen LogP) is 2.15. The third-order valence-corrected chi connectivity index (χ3v) is 2.88. The molecule has 0 radical (unpaired) electrons. The van der Waals surface area contributed by atoms with Crippen molar-refractivity contribution < 1.29 is 9.84 Å². The van der Waals surface area contributed by atoms with Crippen LogP contribution in [0.15, 0.2) is 29.0 Å². The topological polar surface area (TPSA) is 60.2 Å². The number of hydrogen-bond acceptors (Lipinski definition) is 4. The van der Waals surface area contributed by atoms with Crippen molar-refractivity contribution in [1.82, 2.24) is 14.8 Å². The molecule has 6 heteroatoms. The van der Waals surface area contributed by atoms with Crippen LogP contribution in [0.3, 0.4) is 0 Å². The van der Waals surface area contributed by atoms with Gasteiger partial charge in [-0.3, -0.25) is 0 Å².